The van der Waals surface area contributed by atoms with Crippen LogP contribution in [0.2, 0.25) is 0 Å². The van der Waals surface area contributed by atoms with Crippen molar-refractivity contribution in [2.75, 3.05) is 46.0 Å². The third kappa shape index (κ3) is 4.14. The van der Waals surface area contributed by atoms with Crippen molar-refractivity contribution in [2.24, 2.45) is 5.92 Å². The number of nitrogens with zero attached hydrogens (tertiary/aromatic N) is 2. The molecule has 110 valence electrons. The quantitative estimate of drug-likeness (QED) is 0.731. The summed E-state index contributed by atoms with van der Waals surface area (Å²) in [4.78, 5) is 16.1. The molecule has 0 aromatic rings. The third-order valence-electron chi connectivity index (χ3n) is 4.18. The lowest BCUT2D eigenvalue weighted by Crippen LogP contribution is -2.50. The first-order valence-electron chi connectivity index (χ1n) is 7.40. The smallest absolute Gasteiger partial charge is 0.222 e. The second-order valence-electron chi connectivity index (χ2n) is 5.53. The Labute approximate surface area is 114 Å². The van der Waals surface area contributed by atoms with E-state index >= 15 is 0 Å². The zero-order chi connectivity index (χ0) is 13.7. The summed E-state index contributed by atoms with van der Waals surface area (Å²) in [5, 5.41) is 0. The molecule has 5 heteroatoms. The summed E-state index contributed by atoms with van der Waals surface area (Å²) >= 11 is 0. The molecular weight excluding hydrogens is 247 g/mol. The molecule has 0 spiro atoms. The fourth-order valence-electron chi connectivity index (χ4n) is 2.93. The molecule has 1 aliphatic heterocycles. The number of carbonyl (C=O) groups excluding carboxylic acids is 1. The van der Waals surface area contributed by atoms with E-state index in [0.29, 0.717) is 25.0 Å². The van der Waals surface area contributed by atoms with Gasteiger partial charge in [0.05, 0.1) is 6.10 Å². The van der Waals surface area contributed by atoms with E-state index in [1.807, 2.05) is 11.8 Å². The predicted octanol–water partition coefficient (Wildman–Crippen LogP) is 1.31. The van der Waals surface area contributed by atoms with E-state index < -0.39 is 0 Å². The zero-order valence-corrected chi connectivity index (χ0v) is 11.8. The molecule has 0 atom stereocenters. The highest BCUT2D eigenvalue weighted by Gasteiger charge is 2.32. The van der Waals surface area contributed by atoms with Crippen molar-refractivity contribution >= 4 is 5.91 Å². The van der Waals surface area contributed by atoms with Gasteiger partial charge in [-0.2, -0.15) is 0 Å². The van der Waals surface area contributed by atoms with E-state index in [1.54, 1.807) is 0 Å². The van der Waals surface area contributed by atoms with Crippen molar-refractivity contribution in [1.82, 2.24) is 9.80 Å². The Morgan fingerprint density at radius 1 is 1.26 bits per heavy atom. The Kier molecular flexibility index (Phi) is 5.58. The average Bonchev–Trinajstić information content (AvgIpc) is 2.37. The second-order valence-corrected chi connectivity index (χ2v) is 5.53. The summed E-state index contributed by atoms with van der Waals surface area (Å²) in [6.45, 7) is 6.09. The molecule has 0 aromatic carbocycles. The predicted molar refractivity (Wildman–Crippen MR) is 71.8 cm³/mol. The van der Waals surface area contributed by atoms with Gasteiger partial charge in [0, 0.05) is 45.8 Å². The maximum atomic E-state index is 12.2. The molecule has 1 heterocycles. The van der Waals surface area contributed by atoms with E-state index in [4.69, 9.17) is 4.74 Å². The number of hydrogen-bond acceptors (Lipinski definition) is 3. The van der Waals surface area contributed by atoms with Crippen LogP contribution in [0.15, 0.2) is 0 Å². The molecular formula is C14H25FN2O2. The van der Waals surface area contributed by atoms with Gasteiger partial charge >= 0.3 is 0 Å². The number of rotatable bonds is 6. The summed E-state index contributed by atoms with van der Waals surface area (Å²) in [6, 6.07) is 0. The van der Waals surface area contributed by atoms with Crippen LogP contribution in [0.3, 0.4) is 0 Å². The molecule has 4 nitrogen and oxygen atoms in total. The molecule has 1 saturated carbocycles. The SMILES string of the molecule is CCOC1CC(CC(=O)N2CCN(CCF)CC2)C1. The van der Waals surface area contributed by atoms with Gasteiger partial charge in [-0.25, -0.2) is 4.39 Å². The van der Waals surface area contributed by atoms with Gasteiger partial charge in [0.15, 0.2) is 0 Å². The van der Waals surface area contributed by atoms with Crippen LogP contribution in [0.5, 0.6) is 0 Å². The van der Waals surface area contributed by atoms with E-state index in [2.05, 4.69) is 4.90 Å². The van der Waals surface area contributed by atoms with Gasteiger partial charge in [0.25, 0.3) is 0 Å². The van der Waals surface area contributed by atoms with Crippen molar-refractivity contribution in [3.8, 4) is 0 Å². The Bertz CT molecular complexity index is 287. The van der Waals surface area contributed by atoms with Gasteiger partial charge in [0.2, 0.25) is 5.91 Å². The summed E-state index contributed by atoms with van der Waals surface area (Å²) in [6.07, 6.45) is 3.10. The van der Waals surface area contributed by atoms with Gasteiger partial charge in [-0.15, -0.1) is 0 Å². The summed E-state index contributed by atoms with van der Waals surface area (Å²) in [5.74, 6) is 0.771. The normalized spacial score (nSPS) is 28.2. The summed E-state index contributed by atoms with van der Waals surface area (Å²) < 4.78 is 17.7. The second kappa shape index (κ2) is 7.20. The topological polar surface area (TPSA) is 32.8 Å². The van der Waals surface area contributed by atoms with Gasteiger partial charge in [-0.1, -0.05) is 0 Å². The van der Waals surface area contributed by atoms with E-state index in [-0.39, 0.29) is 12.6 Å². The largest absolute Gasteiger partial charge is 0.378 e. The number of piperazine rings is 1. The molecule has 0 unspecified atom stereocenters. The molecule has 2 fully saturated rings. The van der Waals surface area contributed by atoms with E-state index in [1.165, 1.54) is 0 Å². The highest BCUT2D eigenvalue weighted by atomic mass is 19.1. The first kappa shape index (κ1) is 14.7. The molecule has 1 saturated heterocycles. The summed E-state index contributed by atoms with van der Waals surface area (Å²) in [7, 11) is 0. The van der Waals surface area contributed by atoms with Gasteiger partial charge in [0.1, 0.15) is 6.67 Å². The van der Waals surface area contributed by atoms with Crippen LogP contribution in [0.1, 0.15) is 26.2 Å². The van der Waals surface area contributed by atoms with Crippen molar-refractivity contribution in [1.29, 1.82) is 0 Å². The van der Waals surface area contributed by atoms with Crippen molar-refractivity contribution in [2.45, 2.75) is 32.3 Å². The van der Waals surface area contributed by atoms with E-state index in [9.17, 15) is 9.18 Å². The minimum Gasteiger partial charge on any atom is -0.378 e. The summed E-state index contributed by atoms with van der Waals surface area (Å²) in [5.41, 5.74) is 0. The Morgan fingerprint density at radius 2 is 1.95 bits per heavy atom. The van der Waals surface area contributed by atoms with Gasteiger partial charge < -0.3 is 9.64 Å². The number of halogens is 1. The lowest BCUT2D eigenvalue weighted by atomic mass is 9.79. The number of alkyl halides is 1. The third-order valence-corrected chi connectivity index (χ3v) is 4.18. The minimum absolute atomic E-state index is 0.264. The van der Waals surface area contributed by atoms with Crippen LogP contribution in [0.4, 0.5) is 4.39 Å². The molecule has 1 amide bonds. The molecule has 0 bridgehead atoms. The highest BCUT2D eigenvalue weighted by Crippen LogP contribution is 2.33. The van der Waals surface area contributed by atoms with Crippen LogP contribution >= 0.6 is 0 Å². The van der Waals surface area contributed by atoms with Gasteiger partial charge in [-0.05, 0) is 25.7 Å². The first-order valence-corrected chi connectivity index (χ1v) is 7.40. The fraction of sp³-hybridized carbons (Fsp3) is 0.929. The minimum atomic E-state index is -0.297. The maximum Gasteiger partial charge on any atom is 0.222 e. The molecule has 1 aliphatic carbocycles. The van der Waals surface area contributed by atoms with Crippen molar-refractivity contribution in [3.05, 3.63) is 0 Å². The van der Waals surface area contributed by atoms with Crippen LogP contribution in [-0.2, 0) is 9.53 Å². The maximum absolute atomic E-state index is 12.2. The Balaban J connectivity index is 1.63. The molecule has 2 aliphatic rings. The number of amides is 1. The van der Waals surface area contributed by atoms with Crippen molar-refractivity contribution in [3.63, 3.8) is 0 Å². The Hall–Kier alpha value is -0.680. The van der Waals surface area contributed by atoms with Crippen LogP contribution in [-0.4, -0.2) is 67.8 Å². The fourth-order valence-corrected chi connectivity index (χ4v) is 2.93. The van der Waals surface area contributed by atoms with Crippen LogP contribution < -0.4 is 0 Å². The highest BCUT2D eigenvalue weighted by molar-refractivity contribution is 5.76. The zero-order valence-electron chi connectivity index (χ0n) is 11.8. The standard InChI is InChI=1S/C14H25FN2O2/c1-2-19-13-9-12(10-13)11-14(18)17-7-5-16(4-3-15)6-8-17/h12-13H,2-11H2,1H3. The van der Waals surface area contributed by atoms with Crippen LogP contribution in [0.25, 0.3) is 0 Å². The van der Waals surface area contributed by atoms with E-state index in [0.717, 1.165) is 45.6 Å². The number of carbonyl (C=O) groups is 1. The van der Waals surface area contributed by atoms with Gasteiger partial charge in [-0.3, -0.25) is 9.69 Å². The molecule has 0 aromatic heterocycles. The lowest BCUT2D eigenvalue weighted by Gasteiger charge is -2.38. The number of ether oxygens (including phenoxy) is 1. The molecule has 0 radical (unpaired) electrons. The Morgan fingerprint density at radius 3 is 2.53 bits per heavy atom. The lowest BCUT2D eigenvalue weighted by molar-refractivity contribution is -0.136. The van der Waals surface area contributed by atoms with Crippen molar-refractivity contribution < 1.29 is 13.9 Å². The number of hydrogen-bond donors (Lipinski definition) is 0. The monoisotopic (exact) mass is 272 g/mol. The molecule has 19 heavy (non-hydrogen) atoms. The van der Waals surface area contributed by atoms with Crippen LogP contribution in [0, 0.1) is 5.92 Å². The first-order chi connectivity index (χ1) is 9.22. The average molecular weight is 272 g/mol. The molecule has 0 N–H and O–H groups in total. The molecule has 2 rings (SSSR count).